The van der Waals surface area contributed by atoms with E-state index >= 15 is 0 Å². The van der Waals surface area contributed by atoms with Crippen molar-refractivity contribution in [1.29, 1.82) is 0 Å². The lowest BCUT2D eigenvalue weighted by molar-refractivity contribution is -0.145. The van der Waals surface area contributed by atoms with E-state index in [1.54, 1.807) is 20.8 Å². The van der Waals surface area contributed by atoms with Gasteiger partial charge in [-0.1, -0.05) is 6.92 Å². The van der Waals surface area contributed by atoms with Crippen molar-refractivity contribution in [2.75, 3.05) is 13.7 Å². The van der Waals surface area contributed by atoms with Crippen molar-refractivity contribution in [3.05, 3.63) is 0 Å². The largest absolute Gasteiger partial charge is 0.467 e. The number of ether oxygens (including phenoxy) is 2. The van der Waals surface area contributed by atoms with E-state index in [-0.39, 0.29) is 31.7 Å². The van der Waals surface area contributed by atoms with Crippen molar-refractivity contribution in [3.63, 3.8) is 0 Å². The van der Waals surface area contributed by atoms with Crippen molar-refractivity contribution in [2.45, 2.75) is 70.9 Å². The summed E-state index contributed by atoms with van der Waals surface area (Å²) in [5.74, 6) is -3.41. The number of amides is 1. The van der Waals surface area contributed by atoms with Gasteiger partial charge in [0.15, 0.2) is 0 Å². The average Bonchev–Trinajstić information content (AvgIpc) is 2.87. The molecule has 2 atom stereocenters. The molecule has 1 amide bonds. The molecule has 5 nitrogen and oxygen atoms in total. The van der Waals surface area contributed by atoms with Crippen LogP contribution in [0.1, 0.15) is 53.4 Å². The molecule has 1 fully saturated rings. The normalized spacial score (nSPS) is 22.1. The highest BCUT2D eigenvalue weighted by Crippen LogP contribution is 2.33. The maximum atomic E-state index is 13.4. The Morgan fingerprint density at radius 1 is 1.26 bits per heavy atom. The van der Waals surface area contributed by atoms with Crippen LogP contribution in [0.4, 0.5) is 13.6 Å². The van der Waals surface area contributed by atoms with Gasteiger partial charge < -0.3 is 9.47 Å². The van der Waals surface area contributed by atoms with Gasteiger partial charge in [0.05, 0.1) is 7.11 Å². The Bertz CT molecular complexity index is 434. The zero-order valence-electron chi connectivity index (χ0n) is 14.5. The topological polar surface area (TPSA) is 55.8 Å². The summed E-state index contributed by atoms with van der Waals surface area (Å²) in [6, 6.07) is -0.768. The fraction of sp³-hybridized carbons (Fsp3) is 0.875. The molecule has 0 spiro atoms. The van der Waals surface area contributed by atoms with E-state index in [9.17, 15) is 18.4 Å². The summed E-state index contributed by atoms with van der Waals surface area (Å²) in [7, 11) is 1.24. The molecule has 0 aromatic heterocycles. The van der Waals surface area contributed by atoms with Gasteiger partial charge in [-0.2, -0.15) is 0 Å². The molecule has 0 saturated carbocycles. The zero-order chi connectivity index (χ0) is 17.8. The highest BCUT2D eigenvalue weighted by molar-refractivity contribution is 5.82. The third kappa shape index (κ3) is 5.95. The molecule has 7 heteroatoms. The summed E-state index contributed by atoms with van der Waals surface area (Å²) >= 11 is 0. The Kier molecular flexibility index (Phi) is 6.36. The minimum atomic E-state index is -2.71. The van der Waals surface area contributed by atoms with Crippen molar-refractivity contribution in [1.82, 2.24) is 4.90 Å². The van der Waals surface area contributed by atoms with Gasteiger partial charge in [0.25, 0.3) is 0 Å². The van der Waals surface area contributed by atoms with Crippen LogP contribution in [0.15, 0.2) is 0 Å². The first kappa shape index (κ1) is 19.6. The number of likely N-dealkylation sites (tertiary alicyclic amines) is 1. The minimum Gasteiger partial charge on any atom is -0.467 e. The zero-order valence-corrected chi connectivity index (χ0v) is 14.5. The predicted octanol–water partition coefficient (Wildman–Crippen LogP) is 3.61. The lowest BCUT2D eigenvalue weighted by Crippen LogP contribution is -2.43. The fourth-order valence-electron chi connectivity index (χ4n) is 2.61. The molecule has 0 aromatic rings. The number of hydrogen-bond acceptors (Lipinski definition) is 4. The van der Waals surface area contributed by atoms with Crippen molar-refractivity contribution in [2.24, 2.45) is 5.92 Å². The Morgan fingerprint density at radius 2 is 1.87 bits per heavy atom. The van der Waals surface area contributed by atoms with E-state index < -0.39 is 29.6 Å². The van der Waals surface area contributed by atoms with E-state index in [0.29, 0.717) is 6.42 Å². The van der Waals surface area contributed by atoms with Crippen LogP contribution in [-0.2, 0) is 14.3 Å². The number of esters is 1. The Labute approximate surface area is 136 Å². The number of alkyl halides is 2. The number of rotatable bonds is 5. The van der Waals surface area contributed by atoms with Crippen LogP contribution in [-0.4, -0.2) is 48.2 Å². The first-order chi connectivity index (χ1) is 10.5. The molecule has 1 aliphatic heterocycles. The van der Waals surface area contributed by atoms with E-state index in [1.807, 2.05) is 0 Å². The van der Waals surface area contributed by atoms with Crippen LogP contribution in [0.2, 0.25) is 0 Å². The molecule has 0 aromatic carbocycles. The number of halogens is 2. The molecule has 0 bridgehead atoms. The molecule has 1 aliphatic rings. The summed E-state index contributed by atoms with van der Waals surface area (Å²) < 4.78 is 36.8. The van der Waals surface area contributed by atoms with Gasteiger partial charge in [-0.25, -0.2) is 18.4 Å². The molecule has 1 heterocycles. The number of hydrogen-bond donors (Lipinski definition) is 0. The second-order valence-corrected chi connectivity index (χ2v) is 7.02. The van der Waals surface area contributed by atoms with Crippen LogP contribution in [0.5, 0.6) is 0 Å². The van der Waals surface area contributed by atoms with E-state index in [2.05, 4.69) is 0 Å². The van der Waals surface area contributed by atoms with Crippen molar-refractivity contribution in [3.8, 4) is 0 Å². The van der Waals surface area contributed by atoms with Crippen LogP contribution in [0.25, 0.3) is 0 Å². The molecule has 0 aliphatic carbocycles. The van der Waals surface area contributed by atoms with Crippen LogP contribution >= 0.6 is 0 Å². The predicted molar refractivity (Wildman–Crippen MR) is 81.3 cm³/mol. The third-order valence-electron chi connectivity index (χ3n) is 3.92. The SMILES string of the molecule is CCC(F)(F)CCC1CC(C(=O)OC)N(C(=O)OC(C)(C)C)C1. The third-order valence-corrected chi connectivity index (χ3v) is 3.92. The van der Waals surface area contributed by atoms with Gasteiger partial charge in [-0.05, 0) is 39.5 Å². The molecule has 2 unspecified atom stereocenters. The monoisotopic (exact) mass is 335 g/mol. The fourth-order valence-corrected chi connectivity index (χ4v) is 2.61. The maximum Gasteiger partial charge on any atom is 0.411 e. The first-order valence-electron chi connectivity index (χ1n) is 7.94. The lowest BCUT2D eigenvalue weighted by Gasteiger charge is -2.27. The second-order valence-electron chi connectivity index (χ2n) is 7.02. The molecule has 23 heavy (non-hydrogen) atoms. The molecule has 0 N–H and O–H groups in total. The quantitative estimate of drug-likeness (QED) is 0.720. The van der Waals surface area contributed by atoms with E-state index in [4.69, 9.17) is 9.47 Å². The molecular weight excluding hydrogens is 308 g/mol. The summed E-state index contributed by atoms with van der Waals surface area (Å²) in [5.41, 5.74) is -0.689. The van der Waals surface area contributed by atoms with Gasteiger partial charge in [0.1, 0.15) is 11.6 Å². The molecule has 134 valence electrons. The Balaban J connectivity index is 2.75. The molecule has 1 saturated heterocycles. The van der Waals surface area contributed by atoms with Gasteiger partial charge in [0.2, 0.25) is 5.92 Å². The summed E-state index contributed by atoms with van der Waals surface area (Å²) in [6.45, 7) is 6.86. The smallest absolute Gasteiger partial charge is 0.411 e. The van der Waals surface area contributed by atoms with Crippen LogP contribution < -0.4 is 0 Å². The Morgan fingerprint density at radius 3 is 2.35 bits per heavy atom. The van der Waals surface area contributed by atoms with Crippen molar-refractivity contribution < 1.29 is 27.8 Å². The summed E-state index contributed by atoms with van der Waals surface area (Å²) in [4.78, 5) is 25.4. The average molecular weight is 335 g/mol. The summed E-state index contributed by atoms with van der Waals surface area (Å²) in [5, 5.41) is 0. The number of carbonyl (C=O) groups is 2. The van der Waals surface area contributed by atoms with Gasteiger partial charge in [-0.3, -0.25) is 4.90 Å². The number of carbonyl (C=O) groups excluding carboxylic acids is 2. The number of methoxy groups -OCH3 is 1. The van der Waals surface area contributed by atoms with Gasteiger partial charge in [0, 0.05) is 19.4 Å². The minimum absolute atomic E-state index is 0.163. The number of nitrogens with zero attached hydrogens (tertiary/aromatic N) is 1. The van der Waals surface area contributed by atoms with Gasteiger partial charge in [-0.15, -0.1) is 0 Å². The summed E-state index contributed by atoms with van der Waals surface area (Å²) in [6.07, 6.45) is -0.489. The lowest BCUT2D eigenvalue weighted by atomic mass is 9.97. The van der Waals surface area contributed by atoms with E-state index in [1.165, 1.54) is 18.9 Å². The van der Waals surface area contributed by atoms with E-state index in [0.717, 1.165) is 0 Å². The molecule has 0 radical (unpaired) electrons. The molecule has 1 rings (SSSR count). The van der Waals surface area contributed by atoms with Gasteiger partial charge >= 0.3 is 12.1 Å². The highest BCUT2D eigenvalue weighted by atomic mass is 19.3. The highest BCUT2D eigenvalue weighted by Gasteiger charge is 2.42. The standard InChI is InChI=1S/C16H27F2NO4/c1-6-16(17,18)8-7-11-9-12(13(20)22-5)19(10-11)14(21)23-15(2,3)4/h11-12H,6-10H2,1-5H3. The first-order valence-corrected chi connectivity index (χ1v) is 7.94. The van der Waals surface area contributed by atoms with Crippen LogP contribution in [0, 0.1) is 5.92 Å². The van der Waals surface area contributed by atoms with Crippen molar-refractivity contribution >= 4 is 12.1 Å². The van der Waals surface area contributed by atoms with Crippen LogP contribution in [0.3, 0.4) is 0 Å². The maximum absolute atomic E-state index is 13.4. The Hall–Kier alpha value is -1.40. The second kappa shape index (κ2) is 7.45. The molecular formula is C16H27F2NO4.